The molecule has 0 atom stereocenters. The van der Waals surface area contributed by atoms with Crippen molar-refractivity contribution in [2.45, 2.75) is 11.4 Å². The van der Waals surface area contributed by atoms with E-state index in [9.17, 15) is 12.8 Å². The molecule has 3 nitrogen and oxygen atoms in total. The van der Waals surface area contributed by atoms with Crippen molar-refractivity contribution in [1.29, 1.82) is 0 Å². The highest BCUT2D eigenvalue weighted by Crippen LogP contribution is 2.25. The second-order valence-electron chi connectivity index (χ2n) is 4.03. The normalized spacial score (nSPS) is 11.6. The lowest BCUT2D eigenvalue weighted by Gasteiger charge is -2.08. The van der Waals surface area contributed by atoms with Gasteiger partial charge in [0.25, 0.3) is 0 Å². The molecule has 0 unspecified atom stereocenters. The van der Waals surface area contributed by atoms with Crippen molar-refractivity contribution < 1.29 is 12.8 Å². The van der Waals surface area contributed by atoms with Gasteiger partial charge in [0.1, 0.15) is 5.82 Å². The highest BCUT2D eigenvalue weighted by molar-refractivity contribution is 9.10. The molecule has 0 aliphatic rings. The molecule has 0 aliphatic carbocycles. The Morgan fingerprint density at radius 2 is 1.80 bits per heavy atom. The largest absolute Gasteiger partial charge is 0.240 e. The Kier molecular flexibility index (Phi) is 4.80. The Morgan fingerprint density at radius 1 is 1.15 bits per heavy atom. The first-order valence-corrected chi connectivity index (χ1v) is 8.23. The number of hydrogen-bond donors (Lipinski definition) is 1. The van der Waals surface area contributed by atoms with E-state index in [2.05, 4.69) is 20.7 Å². The second kappa shape index (κ2) is 6.22. The molecule has 20 heavy (non-hydrogen) atoms. The third-order valence-corrected chi connectivity index (χ3v) is 5.19. The van der Waals surface area contributed by atoms with Gasteiger partial charge in [0.05, 0.1) is 9.92 Å². The van der Waals surface area contributed by atoms with E-state index >= 15 is 0 Å². The lowest BCUT2D eigenvalue weighted by molar-refractivity contribution is 0.581. The molecule has 1 N–H and O–H groups in total. The Hall–Kier alpha value is -0.950. The van der Waals surface area contributed by atoms with Crippen molar-refractivity contribution in [3.05, 3.63) is 63.3 Å². The molecule has 0 saturated heterocycles. The minimum atomic E-state index is -3.64. The highest BCUT2D eigenvalue weighted by atomic mass is 79.9. The molecule has 0 aliphatic heterocycles. The van der Waals surface area contributed by atoms with Gasteiger partial charge < -0.3 is 0 Å². The second-order valence-corrected chi connectivity index (χ2v) is 7.06. The minimum absolute atomic E-state index is 0.0862. The van der Waals surface area contributed by atoms with Crippen molar-refractivity contribution in [1.82, 2.24) is 4.72 Å². The first-order chi connectivity index (χ1) is 9.38. The van der Waals surface area contributed by atoms with Crippen molar-refractivity contribution in [2.24, 2.45) is 0 Å². The molecule has 0 aromatic heterocycles. The fourth-order valence-electron chi connectivity index (χ4n) is 1.51. The van der Waals surface area contributed by atoms with Crippen LogP contribution in [0.4, 0.5) is 4.39 Å². The molecule has 0 fully saturated rings. The summed E-state index contributed by atoms with van der Waals surface area (Å²) in [6.45, 7) is 0.0862. The average Bonchev–Trinajstić information content (AvgIpc) is 2.41. The summed E-state index contributed by atoms with van der Waals surface area (Å²) in [5.74, 6) is -0.363. The Morgan fingerprint density at radius 3 is 2.40 bits per heavy atom. The SMILES string of the molecule is O=S(=O)(NCc1ccc(F)cc1)c1ccc(Cl)c(Br)c1. The van der Waals surface area contributed by atoms with Gasteiger partial charge in [-0.05, 0) is 51.8 Å². The minimum Gasteiger partial charge on any atom is -0.207 e. The summed E-state index contributed by atoms with van der Waals surface area (Å²) in [5, 5.41) is 0.433. The number of hydrogen-bond acceptors (Lipinski definition) is 2. The Bertz CT molecular complexity index is 720. The van der Waals surface area contributed by atoms with Crippen molar-refractivity contribution in [3.8, 4) is 0 Å². The zero-order chi connectivity index (χ0) is 14.8. The van der Waals surface area contributed by atoms with Crippen LogP contribution in [-0.4, -0.2) is 8.42 Å². The number of halogens is 3. The van der Waals surface area contributed by atoms with E-state index in [0.717, 1.165) is 0 Å². The fraction of sp³-hybridized carbons (Fsp3) is 0.0769. The van der Waals surface area contributed by atoms with Gasteiger partial charge >= 0.3 is 0 Å². The predicted molar refractivity (Wildman–Crippen MR) is 79.6 cm³/mol. The molecule has 2 aromatic carbocycles. The fourth-order valence-corrected chi connectivity index (χ4v) is 3.20. The van der Waals surface area contributed by atoms with Gasteiger partial charge in [0.15, 0.2) is 0 Å². The molecule has 0 saturated carbocycles. The lowest BCUT2D eigenvalue weighted by Crippen LogP contribution is -2.23. The molecule has 0 heterocycles. The molecule has 0 bridgehead atoms. The average molecular weight is 379 g/mol. The first-order valence-electron chi connectivity index (χ1n) is 5.58. The number of benzene rings is 2. The van der Waals surface area contributed by atoms with Crippen LogP contribution in [0.5, 0.6) is 0 Å². The standard InChI is InChI=1S/C13H10BrClFNO2S/c14-12-7-11(5-6-13(12)15)20(18,19)17-8-9-1-3-10(16)4-2-9/h1-7,17H,8H2. The van der Waals surface area contributed by atoms with Gasteiger partial charge in [-0.2, -0.15) is 0 Å². The van der Waals surface area contributed by atoms with E-state index in [1.807, 2.05) is 0 Å². The zero-order valence-electron chi connectivity index (χ0n) is 10.1. The van der Waals surface area contributed by atoms with E-state index in [4.69, 9.17) is 11.6 Å². The van der Waals surface area contributed by atoms with Crippen LogP contribution in [0.25, 0.3) is 0 Å². The van der Waals surface area contributed by atoms with Crippen LogP contribution in [0, 0.1) is 5.82 Å². The molecule has 0 spiro atoms. The van der Waals surface area contributed by atoms with Crippen LogP contribution in [0.2, 0.25) is 5.02 Å². The van der Waals surface area contributed by atoms with Gasteiger partial charge in [-0.3, -0.25) is 0 Å². The lowest BCUT2D eigenvalue weighted by atomic mass is 10.2. The highest BCUT2D eigenvalue weighted by Gasteiger charge is 2.14. The molecule has 7 heteroatoms. The Labute approximate surface area is 130 Å². The summed E-state index contributed by atoms with van der Waals surface area (Å²) in [5.41, 5.74) is 0.669. The summed E-state index contributed by atoms with van der Waals surface area (Å²) >= 11 is 9.00. The summed E-state index contributed by atoms with van der Waals surface area (Å²) in [6.07, 6.45) is 0. The smallest absolute Gasteiger partial charge is 0.207 e. The molecular formula is C13H10BrClFNO2S. The number of nitrogens with one attached hydrogen (secondary N) is 1. The van der Waals surface area contributed by atoms with Crippen LogP contribution >= 0.6 is 27.5 Å². The van der Waals surface area contributed by atoms with Gasteiger partial charge in [0, 0.05) is 11.0 Å². The van der Waals surface area contributed by atoms with Crippen molar-refractivity contribution in [3.63, 3.8) is 0 Å². The van der Waals surface area contributed by atoms with E-state index in [1.165, 1.54) is 42.5 Å². The summed E-state index contributed by atoms with van der Waals surface area (Å²) in [7, 11) is -3.64. The van der Waals surface area contributed by atoms with Gasteiger partial charge in [0.2, 0.25) is 10.0 Å². The third-order valence-electron chi connectivity index (χ3n) is 2.58. The van der Waals surface area contributed by atoms with Crippen LogP contribution < -0.4 is 4.72 Å². The number of sulfonamides is 1. The predicted octanol–water partition coefficient (Wildman–Crippen LogP) is 3.72. The van der Waals surface area contributed by atoms with Crippen molar-refractivity contribution in [2.75, 3.05) is 0 Å². The van der Waals surface area contributed by atoms with E-state index < -0.39 is 10.0 Å². The van der Waals surface area contributed by atoms with E-state index in [0.29, 0.717) is 15.1 Å². The summed E-state index contributed by atoms with van der Waals surface area (Å²) < 4.78 is 39.9. The van der Waals surface area contributed by atoms with Crippen molar-refractivity contribution >= 4 is 37.6 Å². The van der Waals surface area contributed by atoms with Gasteiger partial charge in [-0.1, -0.05) is 23.7 Å². The van der Waals surface area contributed by atoms with E-state index in [-0.39, 0.29) is 17.3 Å². The quantitative estimate of drug-likeness (QED) is 0.881. The molecule has 0 radical (unpaired) electrons. The maximum Gasteiger partial charge on any atom is 0.240 e. The number of rotatable bonds is 4. The zero-order valence-corrected chi connectivity index (χ0v) is 13.3. The van der Waals surface area contributed by atoms with Gasteiger partial charge in [-0.25, -0.2) is 17.5 Å². The molecule has 0 amide bonds. The third kappa shape index (κ3) is 3.79. The molecule has 2 rings (SSSR count). The molecule has 106 valence electrons. The topological polar surface area (TPSA) is 46.2 Å². The molecule has 2 aromatic rings. The maximum absolute atomic E-state index is 12.8. The van der Waals surface area contributed by atoms with Crippen LogP contribution in [0.3, 0.4) is 0 Å². The summed E-state index contributed by atoms with van der Waals surface area (Å²) in [4.78, 5) is 0.107. The first kappa shape index (κ1) is 15.4. The van der Waals surface area contributed by atoms with Crippen LogP contribution in [0.1, 0.15) is 5.56 Å². The van der Waals surface area contributed by atoms with Crippen LogP contribution in [0.15, 0.2) is 51.8 Å². The monoisotopic (exact) mass is 377 g/mol. The molecular weight excluding hydrogens is 369 g/mol. The Balaban J connectivity index is 2.14. The summed E-state index contributed by atoms with van der Waals surface area (Å²) in [6, 6.07) is 9.95. The maximum atomic E-state index is 12.8. The van der Waals surface area contributed by atoms with Gasteiger partial charge in [-0.15, -0.1) is 0 Å². The van der Waals surface area contributed by atoms with Crippen LogP contribution in [-0.2, 0) is 16.6 Å². The van der Waals surface area contributed by atoms with E-state index in [1.54, 1.807) is 0 Å².